The largest absolute Gasteiger partial charge is 0.496 e. The number of halogens is 1. The van der Waals surface area contributed by atoms with Gasteiger partial charge in [-0.05, 0) is 44.2 Å². The molecule has 7 heteroatoms. The van der Waals surface area contributed by atoms with Crippen LogP contribution in [-0.4, -0.2) is 46.4 Å². The zero-order valence-corrected chi connectivity index (χ0v) is 17.4. The first-order valence-electron chi connectivity index (χ1n) is 9.45. The van der Waals surface area contributed by atoms with E-state index < -0.39 is 0 Å². The molecule has 1 aliphatic heterocycles. The lowest BCUT2D eigenvalue weighted by atomic mass is 9.84. The molecule has 0 aromatic heterocycles. The molecular formula is C20H33ClN2O4. The molecule has 0 aliphatic carbocycles. The Labute approximate surface area is 168 Å². The number of piperidine rings is 1. The van der Waals surface area contributed by atoms with E-state index in [2.05, 4.69) is 17.6 Å². The summed E-state index contributed by atoms with van der Waals surface area (Å²) in [6.45, 7) is 5.49. The molecule has 0 saturated carbocycles. The number of hydrogen-bond donors (Lipinski definition) is 2. The van der Waals surface area contributed by atoms with Crippen LogP contribution in [0.4, 0.5) is 0 Å². The van der Waals surface area contributed by atoms with Crippen LogP contribution in [0.3, 0.4) is 0 Å². The molecular weight excluding hydrogens is 368 g/mol. The van der Waals surface area contributed by atoms with Gasteiger partial charge in [-0.1, -0.05) is 6.92 Å². The minimum atomic E-state index is 0. The van der Waals surface area contributed by atoms with Crippen molar-refractivity contribution in [3.8, 4) is 17.2 Å². The first-order chi connectivity index (χ1) is 12.6. The fraction of sp³-hybridized carbons (Fsp3) is 0.650. The number of carbonyl (C=O) groups is 1. The number of rotatable bonds is 10. The van der Waals surface area contributed by atoms with E-state index in [-0.39, 0.29) is 18.3 Å². The Morgan fingerprint density at radius 1 is 1.15 bits per heavy atom. The summed E-state index contributed by atoms with van der Waals surface area (Å²) in [7, 11) is 3.22. The van der Waals surface area contributed by atoms with Gasteiger partial charge in [-0.25, -0.2) is 0 Å². The minimum absolute atomic E-state index is 0. The topological polar surface area (TPSA) is 68.8 Å². The summed E-state index contributed by atoms with van der Waals surface area (Å²) in [6.07, 6.45) is 3.71. The van der Waals surface area contributed by atoms with Gasteiger partial charge in [0.15, 0.2) is 0 Å². The number of benzene rings is 1. The summed E-state index contributed by atoms with van der Waals surface area (Å²) in [5, 5.41) is 6.37. The molecule has 1 unspecified atom stereocenters. The lowest BCUT2D eigenvalue weighted by Crippen LogP contribution is -2.33. The van der Waals surface area contributed by atoms with Gasteiger partial charge in [0.1, 0.15) is 17.2 Å². The molecule has 1 atom stereocenters. The van der Waals surface area contributed by atoms with Gasteiger partial charge in [-0.2, -0.15) is 0 Å². The Balaban J connectivity index is 0.00000364. The van der Waals surface area contributed by atoms with Crippen LogP contribution >= 0.6 is 12.4 Å². The summed E-state index contributed by atoms with van der Waals surface area (Å²) < 4.78 is 16.2. The van der Waals surface area contributed by atoms with E-state index in [4.69, 9.17) is 14.2 Å². The van der Waals surface area contributed by atoms with Crippen LogP contribution < -0.4 is 24.8 Å². The Morgan fingerprint density at radius 3 is 2.33 bits per heavy atom. The molecule has 154 valence electrons. The fourth-order valence-corrected chi connectivity index (χ4v) is 3.30. The standard InChI is InChI=1S/C20H32N2O4.ClH/c1-15(16-5-8-21-9-6-16)11-20(23)22-7-4-10-26-19-13-17(24-2)12-18(14-19)25-3;/h12-16,21H,4-11H2,1-3H3,(H,22,23);1H. The van der Waals surface area contributed by atoms with Crippen LogP contribution in [0, 0.1) is 11.8 Å². The van der Waals surface area contributed by atoms with Crippen molar-refractivity contribution in [2.45, 2.75) is 32.6 Å². The summed E-state index contributed by atoms with van der Waals surface area (Å²) >= 11 is 0. The minimum Gasteiger partial charge on any atom is -0.496 e. The molecule has 27 heavy (non-hydrogen) atoms. The molecule has 1 aromatic carbocycles. The highest BCUT2D eigenvalue weighted by atomic mass is 35.5. The molecule has 0 spiro atoms. The highest BCUT2D eigenvalue weighted by Crippen LogP contribution is 2.27. The maximum absolute atomic E-state index is 12.1. The third-order valence-electron chi connectivity index (χ3n) is 4.93. The van der Waals surface area contributed by atoms with Gasteiger partial charge in [-0.15, -0.1) is 12.4 Å². The average Bonchev–Trinajstić information content (AvgIpc) is 2.68. The normalized spacial score (nSPS) is 15.4. The monoisotopic (exact) mass is 400 g/mol. The lowest BCUT2D eigenvalue weighted by Gasteiger charge is -2.27. The van der Waals surface area contributed by atoms with Crippen molar-refractivity contribution in [3.05, 3.63) is 18.2 Å². The second-order valence-electron chi connectivity index (χ2n) is 6.87. The predicted molar refractivity (Wildman–Crippen MR) is 109 cm³/mol. The summed E-state index contributed by atoms with van der Waals surface area (Å²) in [6, 6.07) is 5.44. The number of hydrogen-bond acceptors (Lipinski definition) is 5. The van der Waals surface area contributed by atoms with Crippen LogP contribution in [0.2, 0.25) is 0 Å². The Kier molecular flexibility index (Phi) is 11.0. The van der Waals surface area contributed by atoms with Gasteiger partial charge in [0.05, 0.1) is 20.8 Å². The van der Waals surface area contributed by atoms with Crippen LogP contribution in [0.15, 0.2) is 18.2 Å². The highest BCUT2D eigenvalue weighted by molar-refractivity contribution is 5.85. The molecule has 1 aliphatic rings. The number of nitrogens with one attached hydrogen (secondary N) is 2. The van der Waals surface area contributed by atoms with Crippen molar-refractivity contribution in [2.75, 3.05) is 40.5 Å². The summed E-state index contributed by atoms with van der Waals surface area (Å²) in [5.74, 6) is 3.33. The number of ether oxygens (including phenoxy) is 3. The van der Waals surface area contributed by atoms with Gasteiger partial charge >= 0.3 is 0 Å². The summed E-state index contributed by atoms with van der Waals surface area (Å²) in [5.41, 5.74) is 0. The molecule has 0 radical (unpaired) electrons. The fourth-order valence-electron chi connectivity index (χ4n) is 3.30. The molecule has 1 amide bonds. The molecule has 0 bridgehead atoms. The van der Waals surface area contributed by atoms with Gasteiger partial charge in [0.2, 0.25) is 5.91 Å². The van der Waals surface area contributed by atoms with Crippen molar-refractivity contribution < 1.29 is 19.0 Å². The van der Waals surface area contributed by atoms with Crippen molar-refractivity contribution >= 4 is 18.3 Å². The maximum Gasteiger partial charge on any atom is 0.220 e. The van der Waals surface area contributed by atoms with Gasteiger partial charge < -0.3 is 24.8 Å². The first kappa shape index (κ1) is 23.4. The molecule has 1 fully saturated rings. The quantitative estimate of drug-likeness (QED) is 0.591. The van der Waals surface area contributed by atoms with E-state index in [9.17, 15) is 4.79 Å². The maximum atomic E-state index is 12.1. The van der Waals surface area contributed by atoms with E-state index in [0.29, 0.717) is 48.7 Å². The van der Waals surface area contributed by atoms with E-state index in [1.807, 2.05) is 12.1 Å². The molecule has 1 aromatic rings. The zero-order valence-electron chi connectivity index (χ0n) is 16.6. The molecule has 1 heterocycles. The molecule has 1 saturated heterocycles. The Hall–Kier alpha value is -1.66. The number of amides is 1. The second-order valence-corrected chi connectivity index (χ2v) is 6.87. The summed E-state index contributed by atoms with van der Waals surface area (Å²) in [4.78, 5) is 12.1. The van der Waals surface area contributed by atoms with Gasteiger partial charge in [-0.3, -0.25) is 4.79 Å². The first-order valence-corrected chi connectivity index (χ1v) is 9.45. The Morgan fingerprint density at radius 2 is 1.74 bits per heavy atom. The van der Waals surface area contributed by atoms with E-state index >= 15 is 0 Å². The van der Waals surface area contributed by atoms with E-state index in [0.717, 1.165) is 19.5 Å². The lowest BCUT2D eigenvalue weighted by molar-refractivity contribution is -0.122. The van der Waals surface area contributed by atoms with E-state index in [1.54, 1.807) is 20.3 Å². The molecule has 2 rings (SSSR count). The SMILES string of the molecule is COc1cc(OC)cc(OCCCNC(=O)CC(C)C2CCNCC2)c1.Cl. The third kappa shape index (κ3) is 8.26. The Bertz CT molecular complexity index is 543. The van der Waals surface area contributed by atoms with Crippen molar-refractivity contribution in [1.29, 1.82) is 0 Å². The van der Waals surface area contributed by atoms with E-state index in [1.165, 1.54) is 12.8 Å². The van der Waals surface area contributed by atoms with Crippen molar-refractivity contribution in [3.63, 3.8) is 0 Å². The number of carbonyl (C=O) groups excluding carboxylic acids is 1. The smallest absolute Gasteiger partial charge is 0.220 e. The molecule has 6 nitrogen and oxygen atoms in total. The van der Waals surface area contributed by atoms with Crippen LogP contribution in [0.25, 0.3) is 0 Å². The highest BCUT2D eigenvalue weighted by Gasteiger charge is 2.21. The third-order valence-corrected chi connectivity index (χ3v) is 4.93. The van der Waals surface area contributed by atoms with Crippen molar-refractivity contribution in [2.24, 2.45) is 11.8 Å². The number of methoxy groups -OCH3 is 2. The zero-order chi connectivity index (χ0) is 18.8. The van der Waals surface area contributed by atoms with Gasteiger partial charge in [0, 0.05) is 31.2 Å². The predicted octanol–water partition coefficient (Wildman–Crippen LogP) is 3.04. The van der Waals surface area contributed by atoms with Crippen molar-refractivity contribution in [1.82, 2.24) is 10.6 Å². The van der Waals surface area contributed by atoms with Crippen LogP contribution in [0.5, 0.6) is 17.2 Å². The second kappa shape index (κ2) is 12.7. The average molecular weight is 401 g/mol. The van der Waals surface area contributed by atoms with Crippen LogP contribution in [0.1, 0.15) is 32.6 Å². The van der Waals surface area contributed by atoms with Gasteiger partial charge in [0.25, 0.3) is 0 Å². The molecule has 2 N–H and O–H groups in total. The van der Waals surface area contributed by atoms with Crippen LogP contribution in [-0.2, 0) is 4.79 Å².